The number of hydrogen-bond donors (Lipinski definition) is 0. The van der Waals surface area contributed by atoms with Crippen molar-refractivity contribution in [3.05, 3.63) is 41.2 Å². The zero-order valence-electron chi connectivity index (χ0n) is 10.8. The van der Waals surface area contributed by atoms with E-state index in [1.807, 2.05) is 0 Å². The molecule has 0 aliphatic heterocycles. The molecule has 0 heterocycles. The van der Waals surface area contributed by atoms with Gasteiger partial charge in [-0.25, -0.2) is 4.39 Å². The molecule has 0 atom stereocenters. The molecule has 104 valence electrons. The molecule has 0 spiro atoms. The molecule has 1 aliphatic rings. The minimum Gasteiger partial charge on any atom is -0.381 e. The minimum absolute atomic E-state index is 0.0608. The van der Waals surface area contributed by atoms with Gasteiger partial charge in [0, 0.05) is 18.7 Å². The van der Waals surface area contributed by atoms with Gasteiger partial charge in [0.25, 0.3) is 6.08 Å². The van der Waals surface area contributed by atoms with Crippen LogP contribution in [0.15, 0.2) is 24.3 Å². The molecule has 2 rings (SSSR count). The maximum atomic E-state index is 13.7. The quantitative estimate of drug-likeness (QED) is 0.771. The second-order valence-electron chi connectivity index (χ2n) is 4.92. The summed E-state index contributed by atoms with van der Waals surface area (Å²) in [6.07, 6.45) is 2.79. The van der Waals surface area contributed by atoms with Gasteiger partial charge in [0.15, 0.2) is 0 Å². The van der Waals surface area contributed by atoms with Crippen molar-refractivity contribution in [1.82, 2.24) is 0 Å². The summed E-state index contributed by atoms with van der Waals surface area (Å²) in [6, 6.07) is 4.55. The average molecular weight is 270 g/mol. The van der Waals surface area contributed by atoms with E-state index in [2.05, 4.69) is 0 Å². The average Bonchev–Trinajstić information content (AvgIpc) is 2.41. The Morgan fingerprint density at radius 3 is 2.42 bits per heavy atom. The molecule has 1 aromatic carbocycles. The molecule has 0 bridgehead atoms. The highest BCUT2D eigenvalue weighted by Gasteiger charge is 2.22. The summed E-state index contributed by atoms with van der Waals surface area (Å²) in [5.41, 5.74) is 0.831. The van der Waals surface area contributed by atoms with E-state index in [0.717, 1.165) is 31.2 Å². The van der Waals surface area contributed by atoms with E-state index in [1.165, 1.54) is 12.1 Å². The molecule has 1 nitrogen and oxygen atoms in total. The third kappa shape index (κ3) is 3.60. The number of methoxy groups -OCH3 is 1. The van der Waals surface area contributed by atoms with E-state index in [-0.39, 0.29) is 5.56 Å². The first kappa shape index (κ1) is 14.1. The zero-order chi connectivity index (χ0) is 13.8. The summed E-state index contributed by atoms with van der Waals surface area (Å²) in [4.78, 5) is 0. The third-order valence-corrected chi connectivity index (χ3v) is 3.77. The van der Waals surface area contributed by atoms with Crippen LogP contribution in [-0.4, -0.2) is 13.2 Å². The van der Waals surface area contributed by atoms with Crippen LogP contribution in [0.4, 0.5) is 13.2 Å². The molecule has 0 saturated heterocycles. The van der Waals surface area contributed by atoms with E-state index in [0.29, 0.717) is 18.1 Å². The van der Waals surface area contributed by atoms with Gasteiger partial charge in [-0.15, -0.1) is 0 Å². The Labute approximate surface area is 111 Å². The highest BCUT2D eigenvalue weighted by molar-refractivity contribution is 5.51. The van der Waals surface area contributed by atoms with Crippen LogP contribution in [0, 0.1) is 5.82 Å². The van der Waals surface area contributed by atoms with Crippen LogP contribution in [0.25, 0.3) is 6.08 Å². The first-order valence-corrected chi connectivity index (χ1v) is 6.45. The summed E-state index contributed by atoms with van der Waals surface area (Å²) < 4.78 is 43.2. The summed E-state index contributed by atoms with van der Waals surface area (Å²) in [5.74, 6) is -0.284. The lowest BCUT2D eigenvalue weighted by Crippen LogP contribution is -2.19. The van der Waals surface area contributed by atoms with E-state index >= 15 is 0 Å². The van der Waals surface area contributed by atoms with E-state index in [9.17, 15) is 13.2 Å². The molecule has 0 N–H and O–H groups in total. The van der Waals surface area contributed by atoms with Gasteiger partial charge in [-0.05, 0) is 43.2 Å². The van der Waals surface area contributed by atoms with Gasteiger partial charge in [-0.1, -0.05) is 12.1 Å². The predicted molar refractivity (Wildman–Crippen MR) is 68.6 cm³/mol. The van der Waals surface area contributed by atoms with E-state index < -0.39 is 11.9 Å². The largest absolute Gasteiger partial charge is 0.381 e. The Morgan fingerprint density at radius 2 is 1.89 bits per heavy atom. The van der Waals surface area contributed by atoms with Crippen molar-refractivity contribution < 1.29 is 17.9 Å². The van der Waals surface area contributed by atoms with E-state index in [1.54, 1.807) is 13.2 Å². The Kier molecular flexibility index (Phi) is 4.64. The molecule has 19 heavy (non-hydrogen) atoms. The number of ether oxygens (including phenoxy) is 1. The number of halogens is 3. The smallest absolute Gasteiger partial charge is 0.271 e. The van der Waals surface area contributed by atoms with Crippen LogP contribution in [0.2, 0.25) is 0 Å². The molecule has 1 fully saturated rings. The predicted octanol–water partition coefficient (Wildman–Crippen LogP) is 4.74. The highest BCUT2D eigenvalue weighted by atomic mass is 19.3. The maximum Gasteiger partial charge on any atom is 0.271 e. The fourth-order valence-electron chi connectivity index (χ4n) is 2.66. The number of hydrogen-bond acceptors (Lipinski definition) is 1. The second kappa shape index (κ2) is 6.24. The lowest BCUT2D eigenvalue weighted by atomic mass is 9.82. The lowest BCUT2D eigenvalue weighted by Gasteiger charge is -2.27. The summed E-state index contributed by atoms with van der Waals surface area (Å²) in [5, 5.41) is 0. The Balaban J connectivity index is 2.10. The topological polar surface area (TPSA) is 9.23 Å². The number of benzene rings is 1. The lowest BCUT2D eigenvalue weighted by molar-refractivity contribution is 0.0658. The van der Waals surface area contributed by atoms with Crippen LogP contribution in [0.5, 0.6) is 0 Å². The van der Waals surface area contributed by atoms with E-state index in [4.69, 9.17) is 4.74 Å². The molecule has 0 radical (unpaired) electrons. The van der Waals surface area contributed by atoms with Crippen molar-refractivity contribution in [1.29, 1.82) is 0 Å². The summed E-state index contributed by atoms with van der Waals surface area (Å²) in [6.45, 7) is 0. The minimum atomic E-state index is -1.88. The maximum absolute atomic E-state index is 13.7. The first-order valence-electron chi connectivity index (χ1n) is 6.45. The molecule has 1 saturated carbocycles. The van der Waals surface area contributed by atoms with Crippen molar-refractivity contribution in [3.63, 3.8) is 0 Å². The normalized spacial score (nSPS) is 23.2. The van der Waals surface area contributed by atoms with Gasteiger partial charge in [0.05, 0.1) is 6.10 Å². The van der Waals surface area contributed by atoms with Gasteiger partial charge < -0.3 is 4.74 Å². The number of rotatable bonds is 3. The summed E-state index contributed by atoms with van der Waals surface area (Å²) >= 11 is 0. The Morgan fingerprint density at radius 1 is 1.21 bits per heavy atom. The first-order chi connectivity index (χ1) is 9.10. The molecule has 0 amide bonds. The Hall–Kier alpha value is -1.29. The molecule has 4 heteroatoms. The third-order valence-electron chi connectivity index (χ3n) is 3.77. The van der Waals surface area contributed by atoms with Crippen molar-refractivity contribution in [3.8, 4) is 0 Å². The summed E-state index contributed by atoms with van der Waals surface area (Å²) in [7, 11) is 1.71. The van der Waals surface area contributed by atoms with Crippen LogP contribution in [-0.2, 0) is 4.74 Å². The van der Waals surface area contributed by atoms with Gasteiger partial charge in [-0.3, -0.25) is 0 Å². The van der Waals surface area contributed by atoms with Crippen molar-refractivity contribution in [2.45, 2.75) is 37.7 Å². The molecule has 0 unspecified atom stereocenters. The van der Waals surface area contributed by atoms with Crippen LogP contribution in [0.1, 0.15) is 42.7 Å². The van der Waals surface area contributed by atoms with Crippen LogP contribution < -0.4 is 0 Å². The SMILES string of the molecule is COC1CCC(c2ccc(C=C(F)F)c(F)c2)CC1. The zero-order valence-corrected chi connectivity index (χ0v) is 10.8. The van der Waals surface area contributed by atoms with Crippen LogP contribution >= 0.6 is 0 Å². The van der Waals surface area contributed by atoms with Gasteiger partial charge in [0.1, 0.15) is 5.82 Å². The van der Waals surface area contributed by atoms with Crippen LogP contribution in [0.3, 0.4) is 0 Å². The van der Waals surface area contributed by atoms with Gasteiger partial charge in [-0.2, -0.15) is 8.78 Å². The standard InChI is InChI=1S/C15H17F3O/c1-19-13-6-4-10(5-7-13)11-2-3-12(9-15(17)18)14(16)8-11/h2-3,8-10,13H,4-7H2,1H3. The molecule has 1 aromatic rings. The highest BCUT2D eigenvalue weighted by Crippen LogP contribution is 2.34. The van der Waals surface area contributed by atoms with Crippen molar-refractivity contribution in [2.75, 3.05) is 7.11 Å². The van der Waals surface area contributed by atoms with Crippen molar-refractivity contribution in [2.24, 2.45) is 0 Å². The van der Waals surface area contributed by atoms with Crippen molar-refractivity contribution >= 4 is 6.08 Å². The Bertz CT molecular complexity index is 458. The molecular weight excluding hydrogens is 253 g/mol. The fraction of sp³-hybridized carbons (Fsp3) is 0.467. The van der Waals surface area contributed by atoms with Gasteiger partial charge >= 0.3 is 0 Å². The molecular formula is C15H17F3O. The monoisotopic (exact) mass is 270 g/mol. The fourth-order valence-corrected chi connectivity index (χ4v) is 2.66. The second-order valence-corrected chi connectivity index (χ2v) is 4.92. The molecule has 0 aromatic heterocycles. The molecule has 1 aliphatic carbocycles. The van der Waals surface area contributed by atoms with Gasteiger partial charge in [0.2, 0.25) is 0 Å².